The van der Waals surface area contributed by atoms with Crippen LogP contribution in [0, 0.1) is 4.91 Å². The number of benzene rings is 1. The van der Waals surface area contributed by atoms with E-state index in [0.717, 1.165) is 0 Å². The Bertz CT molecular complexity index is 786. The van der Waals surface area contributed by atoms with Crippen LogP contribution in [-0.2, 0) is 0 Å². The van der Waals surface area contributed by atoms with Crippen LogP contribution in [0.1, 0.15) is 0 Å². The van der Waals surface area contributed by atoms with Crippen molar-refractivity contribution < 1.29 is 10.1 Å². The summed E-state index contributed by atoms with van der Waals surface area (Å²) in [5.41, 5.74) is 1.37. The van der Waals surface area contributed by atoms with Gasteiger partial charge in [-0.2, -0.15) is 0 Å². The molecule has 0 bridgehead atoms. The second-order valence-corrected chi connectivity index (χ2v) is 4.19. The highest BCUT2D eigenvalue weighted by atomic mass is 35.5. The summed E-state index contributed by atoms with van der Waals surface area (Å²) in [6.07, 6.45) is 1.59. The molecular formula is C11H7ClN5O2+. The van der Waals surface area contributed by atoms with Gasteiger partial charge in [-0.05, 0) is 24.3 Å². The van der Waals surface area contributed by atoms with Crippen LogP contribution in [0.15, 0.2) is 36.5 Å². The summed E-state index contributed by atoms with van der Waals surface area (Å²) >= 11 is 5.91. The van der Waals surface area contributed by atoms with Crippen molar-refractivity contribution in [3.63, 3.8) is 0 Å². The number of fused-ring (bicyclic) bond motifs is 1. The highest BCUT2D eigenvalue weighted by Gasteiger charge is 2.22. The summed E-state index contributed by atoms with van der Waals surface area (Å²) in [5, 5.41) is 17.3. The van der Waals surface area contributed by atoms with Crippen LogP contribution in [0.25, 0.3) is 16.9 Å². The molecule has 19 heavy (non-hydrogen) atoms. The minimum Gasteiger partial charge on any atom is -0.241 e. The Hall–Kier alpha value is -2.54. The first kappa shape index (κ1) is 11.5. The normalized spacial score (nSPS) is 10.8. The van der Waals surface area contributed by atoms with Gasteiger partial charge in [-0.3, -0.25) is 0 Å². The number of pyridine rings is 1. The third-order valence-electron chi connectivity index (χ3n) is 2.59. The van der Waals surface area contributed by atoms with E-state index in [1.807, 2.05) is 0 Å². The van der Waals surface area contributed by atoms with Gasteiger partial charge in [0.05, 0.1) is 4.91 Å². The van der Waals surface area contributed by atoms with Crippen molar-refractivity contribution in [1.82, 2.24) is 20.0 Å². The number of aromatic nitrogens is 4. The molecular weight excluding hydrogens is 270 g/mol. The van der Waals surface area contributed by atoms with Crippen molar-refractivity contribution in [1.29, 1.82) is 0 Å². The van der Waals surface area contributed by atoms with E-state index in [-0.39, 0.29) is 10.6 Å². The molecule has 0 atom stereocenters. The van der Waals surface area contributed by atoms with E-state index in [0.29, 0.717) is 21.9 Å². The fourth-order valence-electron chi connectivity index (χ4n) is 1.77. The zero-order valence-corrected chi connectivity index (χ0v) is 10.2. The van der Waals surface area contributed by atoms with Crippen molar-refractivity contribution in [3.8, 4) is 5.69 Å². The number of nitrogens with zero attached hydrogens (tertiary/aromatic N) is 5. The average Bonchev–Trinajstić information content (AvgIpc) is 2.82. The van der Waals surface area contributed by atoms with Gasteiger partial charge in [0.25, 0.3) is 4.92 Å². The standard InChI is InChI=1S/C11H7ClN5O2/c12-7-3-4-8(17(18)19)10(6-7)16-9-2-1-5-13-11(9)14-15-16/h1-6H,(H,18,19)/q+1. The first-order valence-corrected chi connectivity index (χ1v) is 5.67. The van der Waals surface area contributed by atoms with E-state index in [4.69, 9.17) is 16.8 Å². The van der Waals surface area contributed by atoms with Crippen molar-refractivity contribution >= 4 is 28.5 Å². The monoisotopic (exact) mass is 276 g/mol. The van der Waals surface area contributed by atoms with Gasteiger partial charge in [-0.15, -0.1) is 5.10 Å². The largest absolute Gasteiger partial charge is 0.342 e. The second kappa shape index (κ2) is 4.29. The molecule has 1 N–H and O–H groups in total. The lowest BCUT2D eigenvalue weighted by Crippen LogP contribution is -2.03. The molecule has 1 aromatic carbocycles. The lowest BCUT2D eigenvalue weighted by atomic mass is 10.2. The maximum absolute atomic E-state index is 11.2. The van der Waals surface area contributed by atoms with Gasteiger partial charge in [-0.1, -0.05) is 16.8 Å². The molecule has 3 rings (SSSR count). The summed E-state index contributed by atoms with van der Waals surface area (Å²) in [6, 6.07) is 7.88. The van der Waals surface area contributed by atoms with Crippen LogP contribution in [-0.4, -0.2) is 30.1 Å². The predicted molar refractivity (Wildman–Crippen MR) is 66.7 cm³/mol. The first-order valence-electron chi connectivity index (χ1n) is 5.29. The van der Waals surface area contributed by atoms with Crippen LogP contribution in [0.2, 0.25) is 5.02 Å². The van der Waals surface area contributed by atoms with Gasteiger partial charge in [0.1, 0.15) is 5.52 Å². The van der Waals surface area contributed by atoms with E-state index in [1.54, 1.807) is 18.3 Å². The lowest BCUT2D eigenvalue weighted by Gasteiger charge is -2.01. The number of hydrogen-bond acceptors (Lipinski definition) is 4. The average molecular weight is 277 g/mol. The Kier molecular flexibility index (Phi) is 2.60. The lowest BCUT2D eigenvalue weighted by molar-refractivity contribution is -0.729. The van der Waals surface area contributed by atoms with Crippen LogP contribution in [0.3, 0.4) is 0 Å². The predicted octanol–water partition coefficient (Wildman–Crippen LogP) is 2.27. The molecule has 3 aromatic rings. The van der Waals surface area contributed by atoms with Gasteiger partial charge in [0.2, 0.25) is 5.65 Å². The van der Waals surface area contributed by atoms with Gasteiger partial charge >= 0.3 is 5.69 Å². The molecule has 0 aliphatic carbocycles. The Morgan fingerprint density at radius 1 is 1.32 bits per heavy atom. The van der Waals surface area contributed by atoms with E-state index in [9.17, 15) is 4.91 Å². The number of rotatable bonds is 2. The molecule has 0 saturated carbocycles. The van der Waals surface area contributed by atoms with E-state index in [1.165, 1.54) is 22.9 Å². The molecule has 94 valence electrons. The number of hydrogen-bond donors (Lipinski definition) is 1. The Morgan fingerprint density at radius 3 is 2.95 bits per heavy atom. The van der Waals surface area contributed by atoms with Crippen LogP contribution >= 0.6 is 11.6 Å². The fourth-order valence-corrected chi connectivity index (χ4v) is 1.94. The molecule has 0 unspecified atom stereocenters. The van der Waals surface area contributed by atoms with Gasteiger partial charge < -0.3 is 0 Å². The summed E-state index contributed by atoms with van der Waals surface area (Å²) in [5.74, 6) is 0. The zero-order chi connectivity index (χ0) is 13.4. The summed E-state index contributed by atoms with van der Waals surface area (Å²) in [4.78, 5) is 15.0. The van der Waals surface area contributed by atoms with Crippen LogP contribution in [0.4, 0.5) is 5.69 Å². The molecule has 7 nitrogen and oxygen atoms in total. The maximum atomic E-state index is 11.2. The molecule has 0 saturated heterocycles. The molecule has 8 heteroatoms. The quantitative estimate of drug-likeness (QED) is 0.726. The van der Waals surface area contributed by atoms with Gasteiger partial charge in [0.15, 0.2) is 5.69 Å². The minimum absolute atomic E-state index is 0.0139. The van der Waals surface area contributed by atoms with Crippen molar-refractivity contribution in [2.24, 2.45) is 0 Å². The minimum atomic E-state index is -0.241. The van der Waals surface area contributed by atoms with E-state index < -0.39 is 0 Å². The molecule has 0 aliphatic rings. The summed E-state index contributed by atoms with van der Waals surface area (Å²) in [7, 11) is 0. The van der Waals surface area contributed by atoms with Crippen molar-refractivity contribution in [3.05, 3.63) is 46.5 Å². The zero-order valence-electron chi connectivity index (χ0n) is 9.43. The van der Waals surface area contributed by atoms with Crippen LogP contribution < -0.4 is 0 Å². The molecule has 0 fully saturated rings. The Morgan fingerprint density at radius 2 is 2.16 bits per heavy atom. The fraction of sp³-hybridized carbons (Fsp3) is 0. The SMILES string of the molecule is O=[N+](O)c1ccc(Cl)cc1-n1nnc2ncccc21. The highest BCUT2D eigenvalue weighted by Crippen LogP contribution is 2.27. The third kappa shape index (κ3) is 1.89. The molecule has 0 spiro atoms. The van der Waals surface area contributed by atoms with Gasteiger partial charge in [0, 0.05) is 17.3 Å². The van der Waals surface area contributed by atoms with Crippen molar-refractivity contribution in [2.75, 3.05) is 0 Å². The van der Waals surface area contributed by atoms with Crippen LogP contribution in [0.5, 0.6) is 0 Å². The smallest absolute Gasteiger partial charge is 0.241 e. The molecule has 2 aromatic heterocycles. The maximum Gasteiger partial charge on any atom is 0.342 e. The molecule has 0 radical (unpaired) electrons. The first-order chi connectivity index (χ1) is 9.16. The van der Waals surface area contributed by atoms with E-state index in [2.05, 4.69) is 15.3 Å². The highest BCUT2D eigenvalue weighted by molar-refractivity contribution is 6.30. The Labute approximate surface area is 111 Å². The molecule has 2 heterocycles. The van der Waals surface area contributed by atoms with Crippen molar-refractivity contribution in [2.45, 2.75) is 0 Å². The Balaban J connectivity index is 2.32. The molecule has 0 amide bonds. The summed E-state index contributed by atoms with van der Waals surface area (Å²) < 4.78 is 1.39. The number of halogens is 1. The third-order valence-corrected chi connectivity index (χ3v) is 2.83. The molecule has 0 aliphatic heterocycles. The topological polar surface area (TPSA) is 83.9 Å². The van der Waals surface area contributed by atoms with E-state index >= 15 is 0 Å². The summed E-state index contributed by atoms with van der Waals surface area (Å²) in [6.45, 7) is 0. The van der Waals surface area contributed by atoms with Gasteiger partial charge in [-0.25, -0.2) is 14.9 Å². The second-order valence-electron chi connectivity index (χ2n) is 3.75.